The van der Waals surface area contributed by atoms with E-state index in [0.717, 1.165) is 5.56 Å². The summed E-state index contributed by atoms with van der Waals surface area (Å²) in [6, 6.07) is 9.28. The predicted molar refractivity (Wildman–Crippen MR) is 77.5 cm³/mol. The summed E-state index contributed by atoms with van der Waals surface area (Å²) in [5.74, 6) is -0.348. The lowest BCUT2D eigenvalue weighted by Gasteiger charge is -2.23. The van der Waals surface area contributed by atoms with Gasteiger partial charge in [-0.15, -0.1) is 12.4 Å². The number of nitrogens with one attached hydrogen (secondary N) is 1. The molecular weight excluding hydrogens is 282 g/mol. The lowest BCUT2D eigenvalue weighted by Crippen LogP contribution is -2.42. The molecular formula is C14H22ClNO4. The van der Waals surface area contributed by atoms with Gasteiger partial charge in [-0.3, -0.25) is 0 Å². The second kappa shape index (κ2) is 7.93. The summed E-state index contributed by atoms with van der Waals surface area (Å²) >= 11 is 0. The summed E-state index contributed by atoms with van der Waals surface area (Å²) in [7, 11) is 0. The van der Waals surface area contributed by atoms with Crippen LogP contribution < -0.4 is 5.32 Å². The van der Waals surface area contributed by atoms with Crippen LogP contribution in [0.25, 0.3) is 0 Å². The first-order valence-corrected chi connectivity index (χ1v) is 6.57. The molecule has 1 aliphatic carbocycles. The average Bonchev–Trinajstić information content (AvgIpc) is 2.63. The summed E-state index contributed by atoms with van der Waals surface area (Å²) in [6.07, 6.45) is -2.84. The van der Waals surface area contributed by atoms with Gasteiger partial charge in [-0.25, -0.2) is 0 Å². The monoisotopic (exact) mass is 303 g/mol. The third-order valence-electron chi connectivity index (χ3n) is 3.81. The van der Waals surface area contributed by atoms with Crippen LogP contribution in [0.1, 0.15) is 12.0 Å². The third-order valence-corrected chi connectivity index (χ3v) is 3.81. The number of hydrogen-bond acceptors (Lipinski definition) is 5. The number of rotatable bonds is 5. The van der Waals surface area contributed by atoms with E-state index in [1.54, 1.807) is 0 Å². The molecule has 0 spiro atoms. The normalized spacial score (nSPS) is 32.9. The standard InChI is InChI=1S/C14H21NO4.ClH/c16-7-6-10-11(13(18)14(19)12(10)17)15-8-9-4-2-1-3-5-9;/h1-5,10-19H,6-8H2;1H/t10-,11-,12-,13-,14-;/m0./s1. The van der Waals surface area contributed by atoms with Crippen molar-refractivity contribution in [2.24, 2.45) is 5.92 Å². The van der Waals surface area contributed by atoms with Gasteiger partial charge in [-0.2, -0.15) is 0 Å². The maximum absolute atomic E-state index is 9.95. The van der Waals surface area contributed by atoms with Gasteiger partial charge in [0, 0.05) is 25.1 Å². The Balaban J connectivity index is 0.00000200. The van der Waals surface area contributed by atoms with Gasteiger partial charge < -0.3 is 25.7 Å². The van der Waals surface area contributed by atoms with E-state index in [4.69, 9.17) is 5.11 Å². The maximum atomic E-state index is 9.95. The zero-order chi connectivity index (χ0) is 13.8. The molecule has 0 saturated heterocycles. The van der Waals surface area contributed by atoms with Crippen LogP contribution in [0.2, 0.25) is 0 Å². The Morgan fingerprint density at radius 2 is 1.60 bits per heavy atom. The molecule has 0 heterocycles. The number of benzene rings is 1. The van der Waals surface area contributed by atoms with E-state index in [1.807, 2.05) is 30.3 Å². The van der Waals surface area contributed by atoms with Gasteiger partial charge >= 0.3 is 0 Å². The number of halogens is 1. The van der Waals surface area contributed by atoms with E-state index in [0.29, 0.717) is 13.0 Å². The quantitative estimate of drug-likeness (QED) is 0.513. The lowest BCUT2D eigenvalue weighted by atomic mass is 9.97. The minimum atomic E-state index is -1.16. The molecule has 5 N–H and O–H groups in total. The van der Waals surface area contributed by atoms with Crippen LogP contribution in [0.15, 0.2) is 30.3 Å². The first kappa shape index (κ1) is 17.4. The molecule has 1 fully saturated rings. The van der Waals surface area contributed by atoms with Crippen LogP contribution in [-0.2, 0) is 6.54 Å². The van der Waals surface area contributed by atoms with E-state index in [1.165, 1.54) is 0 Å². The van der Waals surface area contributed by atoms with Crippen LogP contribution in [0, 0.1) is 5.92 Å². The van der Waals surface area contributed by atoms with E-state index in [2.05, 4.69) is 5.32 Å². The molecule has 1 aliphatic rings. The molecule has 0 aliphatic heterocycles. The summed E-state index contributed by atoms with van der Waals surface area (Å²) < 4.78 is 0. The molecule has 0 bridgehead atoms. The highest BCUT2D eigenvalue weighted by atomic mass is 35.5. The number of hydrogen-bond donors (Lipinski definition) is 5. The van der Waals surface area contributed by atoms with E-state index in [9.17, 15) is 15.3 Å². The minimum Gasteiger partial charge on any atom is -0.396 e. The summed E-state index contributed by atoms with van der Waals surface area (Å²) in [5.41, 5.74) is 1.06. The Labute approximate surface area is 124 Å². The number of aliphatic hydroxyl groups excluding tert-OH is 4. The first-order valence-electron chi connectivity index (χ1n) is 6.57. The van der Waals surface area contributed by atoms with Crippen molar-refractivity contribution in [1.29, 1.82) is 0 Å². The molecule has 1 aromatic carbocycles. The van der Waals surface area contributed by atoms with E-state index in [-0.39, 0.29) is 24.9 Å². The van der Waals surface area contributed by atoms with E-state index >= 15 is 0 Å². The van der Waals surface area contributed by atoms with Gasteiger partial charge in [0.1, 0.15) is 6.10 Å². The lowest BCUT2D eigenvalue weighted by molar-refractivity contribution is -0.0289. The molecule has 5 atom stereocenters. The van der Waals surface area contributed by atoms with Crippen LogP contribution >= 0.6 is 12.4 Å². The van der Waals surface area contributed by atoms with Crippen LogP contribution in [0.4, 0.5) is 0 Å². The zero-order valence-electron chi connectivity index (χ0n) is 11.1. The van der Waals surface area contributed by atoms with Gasteiger partial charge in [-0.05, 0) is 12.0 Å². The van der Waals surface area contributed by atoms with Gasteiger partial charge in [0.2, 0.25) is 0 Å². The molecule has 6 heteroatoms. The maximum Gasteiger partial charge on any atom is 0.108 e. The largest absolute Gasteiger partial charge is 0.396 e. The molecule has 0 aromatic heterocycles. The fraction of sp³-hybridized carbons (Fsp3) is 0.571. The highest BCUT2D eigenvalue weighted by Crippen LogP contribution is 2.30. The SMILES string of the molecule is Cl.OCC[C@@H]1[C@H](O)[C@H](O)[C@@H](O)[C@H]1NCc1ccccc1. The Morgan fingerprint density at radius 1 is 0.950 bits per heavy atom. The second-order valence-corrected chi connectivity index (χ2v) is 5.04. The Kier molecular flexibility index (Phi) is 6.88. The van der Waals surface area contributed by atoms with Crippen LogP contribution in [-0.4, -0.2) is 51.4 Å². The molecule has 0 radical (unpaired) electrons. The van der Waals surface area contributed by atoms with Crippen molar-refractivity contribution in [2.75, 3.05) is 6.61 Å². The van der Waals surface area contributed by atoms with Crippen molar-refractivity contribution in [3.8, 4) is 0 Å². The van der Waals surface area contributed by atoms with Crippen molar-refractivity contribution < 1.29 is 20.4 Å². The second-order valence-electron chi connectivity index (χ2n) is 5.04. The van der Waals surface area contributed by atoms with Gasteiger partial charge in [0.15, 0.2) is 0 Å². The molecule has 20 heavy (non-hydrogen) atoms. The Hall–Kier alpha value is -0.690. The van der Waals surface area contributed by atoms with Gasteiger partial charge in [0.25, 0.3) is 0 Å². The molecule has 1 saturated carbocycles. The third kappa shape index (κ3) is 3.69. The highest BCUT2D eigenvalue weighted by Gasteiger charge is 2.47. The van der Waals surface area contributed by atoms with Crippen molar-refractivity contribution >= 4 is 12.4 Å². The van der Waals surface area contributed by atoms with Crippen LogP contribution in [0.3, 0.4) is 0 Å². The summed E-state index contributed by atoms with van der Waals surface area (Å²) in [6.45, 7) is 0.467. The summed E-state index contributed by atoms with van der Waals surface area (Å²) in [5, 5.41) is 41.7. The van der Waals surface area contributed by atoms with Crippen molar-refractivity contribution in [3.63, 3.8) is 0 Å². The highest BCUT2D eigenvalue weighted by molar-refractivity contribution is 5.85. The fourth-order valence-electron chi connectivity index (χ4n) is 2.74. The van der Waals surface area contributed by atoms with Crippen molar-refractivity contribution in [2.45, 2.75) is 37.3 Å². The average molecular weight is 304 g/mol. The Morgan fingerprint density at radius 3 is 2.20 bits per heavy atom. The fourth-order valence-corrected chi connectivity index (χ4v) is 2.74. The van der Waals surface area contributed by atoms with Gasteiger partial charge in [-0.1, -0.05) is 30.3 Å². The number of aliphatic hydroxyl groups is 4. The zero-order valence-corrected chi connectivity index (χ0v) is 11.9. The van der Waals surface area contributed by atoms with Gasteiger partial charge in [0.05, 0.1) is 12.2 Å². The van der Waals surface area contributed by atoms with Crippen LogP contribution in [0.5, 0.6) is 0 Å². The predicted octanol–water partition coefficient (Wildman–Crippen LogP) is -0.339. The Bertz CT molecular complexity index is 392. The molecule has 5 nitrogen and oxygen atoms in total. The minimum absolute atomic E-state index is 0. The van der Waals surface area contributed by atoms with E-state index < -0.39 is 24.4 Å². The molecule has 0 amide bonds. The molecule has 2 rings (SSSR count). The molecule has 114 valence electrons. The summed E-state index contributed by atoms with van der Waals surface area (Å²) in [4.78, 5) is 0. The van der Waals surface area contributed by atoms with Crippen molar-refractivity contribution in [3.05, 3.63) is 35.9 Å². The smallest absolute Gasteiger partial charge is 0.108 e. The molecule has 1 aromatic rings. The topological polar surface area (TPSA) is 93.0 Å². The van der Waals surface area contributed by atoms with Crippen molar-refractivity contribution in [1.82, 2.24) is 5.32 Å². The molecule has 0 unspecified atom stereocenters. The first-order chi connectivity index (χ1) is 9.15.